The minimum absolute atomic E-state index is 0.00649. The van der Waals surface area contributed by atoms with Gasteiger partial charge in [0.05, 0.1) is 22.3 Å². The van der Waals surface area contributed by atoms with Gasteiger partial charge in [0.1, 0.15) is 0 Å². The van der Waals surface area contributed by atoms with E-state index in [0.29, 0.717) is 45.4 Å². The van der Waals surface area contributed by atoms with Crippen molar-refractivity contribution in [1.82, 2.24) is 19.8 Å². The number of hydrogen-bond donors (Lipinski definition) is 2. The van der Waals surface area contributed by atoms with E-state index >= 15 is 0 Å². The van der Waals surface area contributed by atoms with Crippen LogP contribution in [0.4, 0.5) is 10.2 Å². The number of rotatable bonds is 4. The van der Waals surface area contributed by atoms with E-state index < -0.39 is 5.82 Å². The van der Waals surface area contributed by atoms with Gasteiger partial charge in [0, 0.05) is 28.8 Å². The lowest BCUT2D eigenvalue weighted by atomic mass is 9.96. The zero-order chi connectivity index (χ0) is 18.4. The number of amides is 1. The van der Waals surface area contributed by atoms with Gasteiger partial charge in [0.2, 0.25) is 6.41 Å². The number of allylic oxidation sites excluding steroid dienone is 1. The van der Waals surface area contributed by atoms with Crippen molar-refractivity contribution in [3.05, 3.63) is 53.6 Å². The van der Waals surface area contributed by atoms with Gasteiger partial charge in [0.25, 0.3) is 0 Å². The zero-order valence-corrected chi connectivity index (χ0v) is 14.4. The smallest absolute Gasteiger partial charge is 0.212 e. The lowest BCUT2D eigenvalue weighted by molar-refractivity contribution is -0.105. The fourth-order valence-corrected chi connectivity index (χ4v) is 3.38. The van der Waals surface area contributed by atoms with Crippen LogP contribution in [0.3, 0.4) is 0 Å². The maximum atomic E-state index is 14.9. The van der Waals surface area contributed by atoms with E-state index in [4.69, 9.17) is 11.6 Å². The minimum Gasteiger partial charge on any atom is -0.312 e. The summed E-state index contributed by atoms with van der Waals surface area (Å²) in [5.74, 6) is -0.122. The molecule has 3 heterocycles. The van der Waals surface area contributed by atoms with E-state index in [-0.39, 0.29) is 5.02 Å². The van der Waals surface area contributed by atoms with Gasteiger partial charge >= 0.3 is 0 Å². The largest absolute Gasteiger partial charge is 0.312 e. The summed E-state index contributed by atoms with van der Waals surface area (Å²) in [7, 11) is 0. The number of pyridine rings is 1. The summed E-state index contributed by atoms with van der Waals surface area (Å²) in [4.78, 5) is 10.6. The van der Waals surface area contributed by atoms with Gasteiger partial charge in [-0.15, -0.1) is 0 Å². The number of benzene rings is 1. The molecular weight excluding hydrogens is 357 g/mol. The number of H-pyrrole nitrogens is 1. The van der Waals surface area contributed by atoms with Crippen molar-refractivity contribution in [2.75, 3.05) is 5.32 Å². The molecule has 1 aromatic carbocycles. The Morgan fingerprint density at radius 2 is 2.27 bits per heavy atom. The van der Waals surface area contributed by atoms with Crippen LogP contribution in [0.2, 0.25) is 5.02 Å². The fraction of sp³-hybridized carbons (Fsp3) is 0.0556. The molecule has 0 saturated carbocycles. The molecule has 1 amide bonds. The third-order valence-electron chi connectivity index (χ3n) is 4.18. The molecule has 26 heavy (non-hydrogen) atoms. The molecule has 3 aromatic heterocycles. The highest BCUT2D eigenvalue weighted by Crippen LogP contribution is 2.41. The number of hydrogen-bond acceptors (Lipinski definition) is 3. The molecule has 8 heteroatoms. The molecule has 2 N–H and O–H groups in total. The molecule has 0 bridgehead atoms. The molecule has 4 rings (SSSR count). The SMILES string of the molecule is C=C(C)c1c(F)c(Cl)c(-c2ccn3nc(NC=O)cc3c2)c2cn[nH]c12. The molecule has 4 aromatic rings. The molecular formula is C18H13ClFN5O. The molecule has 130 valence electrons. The van der Waals surface area contributed by atoms with Gasteiger partial charge in [-0.05, 0) is 30.2 Å². The second-order valence-corrected chi connectivity index (χ2v) is 6.27. The van der Waals surface area contributed by atoms with Crippen molar-refractivity contribution in [1.29, 1.82) is 0 Å². The van der Waals surface area contributed by atoms with Crippen molar-refractivity contribution in [2.45, 2.75) is 6.92 Å². The van der Waals surface area contributed by atoms with E-state index in [2.05, 4.69) is 27.2 Å². The fourth-order valence-electron chi connectivity index (χ4n) is 3.08. The predicted molar refractivity (Wildman–Crippen MR) is 99.6 cm³/mol. The van der Waals surface area contributed by atoms with Crippen molar-refractivity contribution >= 4 is 45.8 Å². The Balaban J connectivity index is 2.00. The van der Waals surface area contributed by atoms with Crippen molar-refractivity contribution < 1.29 is 9.18 Å². The maximum Gasteiger partial charge on any atom is 0.212 e. The van der Waals surface area contributed by atoms with Gasteiger partial charge in [-0.3, -0.25) is 9.89 Å². The topological polar surface area (TPSA) is 75.1 Å². The highest BCUT2D eigenvalue weighted by Gasteiger charge is 2.21. The van der Waals surface area contributed by atoms with Crippen molar-refractivity contribution in [3.8, 4) is 11.1 Å². The number of aromatic amines is 1. The first-order chi connectivity index (χ1) is 12.5. The predicted octanol–water partition coefficient (Wildman–Crippen LogP) is 4.27. The quantitative estimate of drug-likeness (QED) is 0.527. The van der Waals surface area contributed by atoms with E-state index in [0.717, 1.165) is 5.52 Å². The maximum absolute atomic E-state index is 14.9. The van der Waals surface area contributed by atoms with Gasteiger partial charge in [-0.1, -0.05) is 18.2 Å². The number of anilines is 1. The summed E-state index contributed by atoms with van der Waals surface area (Å²) in [6.07, 6.45) is 3.89. The molecule has 0 fully saturated rings. The number of carbonyl (C=O) groups is 1. The summed E-state index contributed by atoms with van der Waals surface area (Å²) in [6, 6.07) is 5.30. The third-order valence-corrected chi connectivity index (χ3v) is 4.53. The van der Waals surface area contributed by atoms with Gasteiger partial charge < -0.3 is 5.32 Å². The molecule has 0 saturated heterocycles. The lowest BCUT2D eigenvalue weighted by Gasteiger charge is -2.12. The third kappa shape index (κ3) is 2.36. The molecule has 0 atom stereocenters. The van der Waals surface area contributed by atoms with Gasteiger partial charge in [0.15, 0.2) is 11.6 Å². The first-order valence-corrected chi connectivity index (χ1v) is 8.09. The number of fused-ring (bicyclic) bond motifs is 2. The van der Waals surface area contributed by atoms with Crippen LogP contribution in [0.15, 0.2) is 37.2 Å². The van der Waals surface area contributed by atoms with E-state index in [1.807, 2.05) is 6.07 Å². The average molecular weight is 370 g/mol. The lowest BCUT2D eigenvalue weighted by Crippen LogP contribution is -1.96. The van der Waals surface area contributed by atoms with Crippen LogP contribution in [0, 0.1) is 5.82 Å². The Hall–Kier alpha value is -3.19. The molecule has 0 aliphatic carbocycles. The summed E-state index contributed by atoms with van der Waals surface area (Å²) >= 11 is 6.38. The van der Waals surface area contributed by atoms with Gasteiger partial charge in [-0.2, -0.15) is 10.2 Å². The number of aromatic nitrogens is 4. The van der Waals surface area contributed by atoms with Crippen LogP contribution in [0.1, 0.15) is 12.5 Å². The Bertz CT molecular complexity index is 1190. The van der Waals surface area contributed by atoms with Crippen LogP contribution >= 0.6 is 11.6 Å². The normalized spacial score (nSPS) is 11.2. The summed E-state index contributed by atoms with van der Waals surface area (Å²) in [5.41, 5.74) is 3.40. The number of carbonyl (C=O) groups excluding carboxylic acids is 1. The van der Waals surface area contributed by atoms with Crippen LogP contribution in [-0.4, -0.2) is 26.2 Å². The van der Waals surface area contributed by atoms with Crippen LogP contribution in [0.5, 0.6) is 0 Å². The Kier molecular flexibility index (Phi) is 3.73. The first kappa shape index (κ1) is 16.3. The van der Waals surface area contributed by atoms with Gasteiger partial charge in [-0.25, -0.2) is 8.91 Å². The Morgan fingerprint density at radius 3 is 3.00 bits per heavy atom. The number of halogens is 2. The van der Waals surface area contributed by atoms with E-state index in [9.17, 15) is 9.18 Å². The molecule has 0 aliphatic rings. The molecule has 6 nitrogen and oxygen atoms in total. The molecule has 0 radical (unpaired) electrons. The van der Waals surface area contributed by atoms with E-state index in [1.54, 1.807) is 36.0 Å². The minimum atomic E-state index is -0.539. The number of nitrogens with one attached hydrogen (secondary N) is 2. The Labute approximate surface area is 152 Å². The standard InChI is InChI=1S/C18H13ClFN5O/c1-9(2)14-17(20)16(19)15(12-7-22-23-18(12)14)10-3-4-25-11(5-10)6-13(24-25)21-8-26/h3-8H,1H2,2H3,(H,22,23)(H,21,24,26). The van der Waals surface area contributed by atoms with Crippen molar-refractivity contribution in [3.63, 3.8) is 0 Å². The molecule has 0 aliphatic heterocycles. The van der Waals surface area contributed by atoms with Crippen LogP contribution in [0.25, 0.3) is 33.1 Å². The van der Waals surface area contributed by atoms with Crippen molar-refractivity contribution in [2.24, 2.45) is 0 Å². The highest BCUT2D eigenvalue weighted by atomic mass is 35.5. The molecule has 0 spiro atoms. The summed E-state index contributed by atoms with van der Waals surface area (Å²) in [6.45, 7) is 5.54. The van der Waals surface area contributed by atoms with E-state index in [1.165, 1.54) is 0 Å². The Morgan fingerprint density at radius 1 is 1.46 bits per heavy atom. The summed E-state index contributed by atoms with van der Waals surface area (Å²) < 4.78 is 16.5. The summed E-state index contributed by atoms with van der Waals surface area (Å²) in [5, 5.41) is 14.3. The monoisotopic (exact) mass is 369 g/mol. The van der Waals surface area contributed by atoms with Crippen LogP contribution in [-0.2, 0) is 4.79 Å². The molecule has 0 unspecified atom stereocenters. The number of nitrogens with zero attached hydrogens (tertiary/aromatic N) is 3. The average Bonchev–Trinajstić information content (AvgIpc) is 3.21. The van der Waals surface area contributed by atoms with Crippen LogP contribution < -0.4 is 5.32 Å². The second kappa shape index (κ2) is 5.96. The second-order valence-electron chi connectivity index (χ2n) is 5.89. The zero-order valence-electron chi connectivity index (χ0n) is 13.7. The highest BCUT2D eigenvalue weighted by molar-refractivity contribution is 6.35. The first-order valence-electron chi connectivity index (χ1n) is 7.71.